The van der Waals surface area contributed by atoms with Crippen molar-refractivity contribution in [3.63, 3.8) is 0 Å². The number of benzene rings is 3. The molecule has 4 nitrogen and oxygen atoms in total. The van der Waals surface area contributed by atoms with E-state index in [0.29, 0.717) is 11.3 Å². The summed E-state index contributed by atoms with van der Waals surface area (Å²) in [5.41, 5.74) is 12.4. The highest BCUT2D eigenvalue weighted by molar-refractivity contribution is 5.89. The second-order valence-corrected chi connectivity index (χ2v) is 5.06. The summed E-state index contributed by atoms with van der Waals surface area (Å²) in [4.78, 5) is 16.9. The highest BCUT2D eigenvalue weighted by atomic mass is 16.7. The van der Waals surface area contributed by atoms with Crippen LogP contribution in [0.15, 0.2) is 78.9 Å². The summed E-state index contributed by atoms with van der Waals surface area (Å²) >= 11 is 0. The van der Waals surface area contributed by atoms with Crippen LogP contribution >= 0.6 is 0 Å². The van der Waals surface area contributed by atoms with Gasteiger partial charge < -0.3 is 10.6 Å². The summed E-state index contributed by atoms with van der Waals surface area (Å²) in [7, 11) is 0. The van der Waals surface area contributed by atoms with Gasteiger partial charge in [-0.05, 0) is 47.5 Å². The van der Waals surface area contributed by atoms with Crippen LogP contribution in [0.1, 0.15) is 10.4 Å². The smallest absolute Gasteiger partial charge is 0.362 e. The van der Waals surface area contributed by atoms with Gasteiger partial charge in [-0.3, -0.25) is 0 Å². The number of carbonyl (C=O) groups excluding carboxylic acids is 1. The summed E-state index contributed by atoms with van der Waals surface area (Å²) in [5, 5.41) is 0. The largest absolute Gasteiger partial charge is 0.399 e. The van der Waals surface area contributed by atoms with Gasteiger partial charge >= 0.3 is 5.97 Å². The zero-order valence-electron chi connectivity index (χ0n) is 12.4. The molecular formula is C19H16N2O2. The van der Waals surface area contributed by atoms with Crippen molar-refractivity contribution < 1.29 is 9.63 Å². The third-order valence-electron chi connectivity index (χ3n) is 3.40. The molecule has 0 atom stereocenters. The molecular weight excluding hydrogens is 288 g/mol. The highest BCUT2D eigenvalue weighted by Crippen LogP contribution is 2.22. The van der Waals surface area contributed by atoms with E-state index in [4.69, 9.17) is 10.6 Å². The first-order chi connectivity index (χ1) is 11.2. The van der Waals surface area contributed by atoms with Gasteiger partial charge in [0.25, 0.3) is 0 Å². The van der Waals surface area contributed by atoms with E-state index < -0.39 is 5.97 Å². The molecule has 3 rings (SSSR count). The first-order valence-corrected chi connectivity index (χ1v) is 7.20. The lowest BCUT2D eigenvalue weighted by atomic mass is 10.1. The Hall–Kier alpha value is -3.27. The maximum atomic E-state index is 11.8. The molecule has 0 heterocycles. The van der Waals surface area contributed by atoms with Gasteiger partial charge in [-0.25, -0.2) is 10.3 Å². The Labute approximate surface area is 134 Å². The summed E-state index contributed by atoms with van der Waals surface area (Å²) in [6.07, 6.45) is 0. The molecule has 0 aliphatic rings. The Bertz CT molecular complexity index is 782. The van der Waals surface area contributed by atoms with Gasteiger partial charge in [0.05, 0.1) is 11.3 Å². The minimum Gasteiger partial charge on any atom is -0.399 e. The van der Waals surface area contributed by atoms with Gasteiger partial charge in [-0.2, -0.15) is 0 Å². The molecule has 0 unspecified atom stereocenters. The Balaban J connectivity index is 1.64. The molecule has 0 aliphatic heterocycles. The quantitative estimate of drug-likeness (QED) is 0.562. The molecule has 3 aromatic rings. The molecule has 0 bridgehead atoms. The molecule has 0 saturated heterocycles. The van der Waals surface area contributed by atoms with Crippen LogP contribution in [0.2, 0.25) is 0 Å². The summed E-state index contributed by atoms with van der Waals surface area (Å²) in [6.45, 7) is 0. The number of nitrogens with one attached hydrogen (secondary N) is 1. The van der Waals surface area contributed by atoms with E-state index in [1.54, 1.807) is 24.3 Å². The summed E-state index contributed by atoms with van der Waals surface area (Å²) in [6, 6.07) is 24.1. The number of nitrogen functional groups attached to an aromatic ring is 1. The van der Waals surface area contributed by atoms with Crippen molar-refractivity contribution in [3.05, 3.63) is 84.4 Å². The third-order valence-corrected chi connectivity index (χ3v) is 3.40. The van der Waals surface area contributed by atoms with Crippen molar-refractivity contribution in [2.45, 2.75) is 0 Å². The molecule has 0 amide bonds. The van der Waals surface area contributed by atoms with Gasteiger partial charge in [0.15, 0.2) is 0 Å². The predicted molar refractivity (Wildman–Crippen MR) is 91.8 cm³/mol. The van der Waals surface area contributed by atoms with Crippen molar-refractivity contribution in [3.8, 4) is 11.1 Å². The molecule has 3 aromatic carbocycles. The lowest BCUT2D eigenvalue weighted by Crippen LogP contribution is -2.10. The van der Waals surface area contributed by atoms with E-state index in [9.17, 15) is 4.79 Å². The molecule has 114 valence electrons. The Kier molecular flexibility index (Phi) is 4.25. The van der Waals surface area contributed by atoms with Crippen LogP contribution in [0.25, 0.3) is 11.1 Å². The van der Waals surface area contributed by atoms with Crippen molar-refractivity contribution in [2.75, 3.05) is 11.2 Å². The van der Waals surface area contributed by atoms with Crippen LogP contribution in [-0.2, 0) is 4.84 Å². The molecule has 23 heavy (non-hydrogen) atoms. The zero-order valence-corrected chi connectivity index (χ0v) is 12.4. The van der Waals surface area contributed by atoms with Crippen molar-refractivity contribution >= 4 is 17.3 Å². The second-order valence-electron chi connectivity index (χ2n) is 5.06. The number of carbonyl (C=O) groups is 1. The van der Waals surface area contributed by atoms with Crippen LogP contribution in [0.5, 0.6) is 0 Å². The number of hydrogen-bond donors (Lipinski definition) is 2. The number of nitrogens with two attached hydrogens (primary N) is 1. The maximum absolute atomic E-state index is 11.8. The van der Waals surface area contributed by atoms with Crippen LogP contribution < -0.4 is 11.2 Å². The summed E-state index contributed by atoms with van der Waals surface area (Å²) < 4.78 is 0. The van der Waals surface area contributed by atoms with E-state index >= 15 is 0 Å². The van der Waals surface area contributed by atoms with Crippen molar-refractivity contribution in [1.82, 2.24) is 0 Å². The van der Waals surface area contributed by atoms with Crippen molar-refractivity contribution in [2.24, 2.45) is 0 Å². The molecule has 4 heteroatoms. The van der Waals surface area contributed by atoms with Crippen LogP contribution in [-0.4, -0.2) is 5.97 Å². The fourth-order valence-corrected chi connectivity index (χ4v) is 2.14. The van der Waals surface area contributed by atoms with E-state index in [-0.39, 0.29) is 0 Å². The topological polar surface area (TPSA) is 64.3 Å². The van der Waals surface area contributed by atoms with E-state index in [1.807, 2.05) is 54.6 Å². The number of rotatable bonds is 4. The minimum absolute atomic E-state index is 0.423. The Morgan fingerprint density at radius 2 is 1.35 bits per heavy atom. The van der Waals surface area contributed by atoms with Crippen molar-refractivity contribution in [1.29, 1.82) is 0 Å². The van der Waals surface area contributed by atoms with Crippen LogP contribution in [0.3, 0.4) is 0 Å². The standard InChI is InChI=1S/C19H16N2O2/c20-17-10-6-14(7-11-17)15-8-12-18(13-9-15)21-23-19(22)16-4-2-1-3-5-16/h1-13,21H,20H2. The monoisotopic (exact) mass is 304 g/mol. The normalized spacial score (nSPS) is 10.1. The fourth-order valence-electron chi connectivity index (χ4n) is 2.14. The first kappa shape index (κ1) is 14.7. The zero-order chi connectivity index (χ0) is 16.1. The van der Waals surface area contributed by atoms with Gasteiger partial charge in [-0.15, -0.1) is 0 Å². The molecule has 0 saturated carbocycles. The van der Waals surface area contributed by atoms with E-state index in [1.165, 1.54) is 0 Å². The van der Waals surface area contributed by atoms with Crippen LogP contribution in [0, 0.1) is 0 Å². The van der Waals surface area contributed by atoms with E-state index in [2.05, 4.69) is 5.48 Å². The molecule has 0 fully saturated rings. The maximum Gasteiger partial charge on any atom is 0.362 e. The average molecular weight is 304 g/mol. The second kappa shape index (κ2) is 6.66. The molecule has 0 aromatic heterocycles. The lowest BCUT2D eigenvalue weighted by Gasteiger charge is -2.08. The molecule has 0 aliphatic carbocycles. The highest BCUT2D eigenvalue weighted by Gasteiger charge is 2.06. The third kappa shape index (κ3) is 3.68. The first-order valence-electron chi connectivity index (χ1n) is 7.20. The SMILES string of the molecule is Nc1ccc(-c2ccc(NOC(=O)c3ccccc3)cc2)cc1. The van der Waals surface area contributed by atoms with Gasteiger partial charge in [0, 0.05) is 5.69 Å². The van der Waals surface area contributed by atoms with Gasteiger partial charge in [0.2, 0.25) is 0 Å². The Morgan fingerprint density at radius 3 is 1.96 bits per heavy atom. The Morgan fingerprint density at radius 1 is 0.783 bits per heavy atom. The molecule has 0 spiro atoms. The number of hydrogen-bond acceptors (Lipinski definition) is 4. The van der Waals surface area contributed by atoms with Crippen LogP contribution in [0.4, 0.5) is 11.4 Å². The predicted octanol–water partition coefficient (Wildman–Crippen LogP) is 4.12. The fraction of sp³-hybridized carbons (Fsp3) is 0. The van der Waals surface area contributed by atoms with Gasteiger partial charge in [-0.1, -0.05) is 42.5 Å². The van der Waals surface area contributed by atoms with Gasteiger partial charge in [0.1, 0.15) is 0 Å². The molecule has 3 N–H and O–H groups in total. The average Bonchev–Trinajstić information content (AvgIpc) is 2.61. The van der Waals surface area contributed by atoms with E-state index in [0.717, 1.165) is 16.8 Å². The summed E-state index contributed by atoms with van der Waals surface area (Å²) in [5.74, 6) is -0.423. The minimum atomic E-state index is -0.423. The number of anilines is 2. The lowest BCUT2D eigenvalue weighted by molar-refractivity contribution is 0.0596. The molecule has 0 radical (unpaired) electrons.